The molecule has 14 heavy (non-hydrogen) atoms. The Balaban J connectivity index is 2.96. The molecule has 0 aliphatic heterocycles. The molecule has 1 aromatic rings. The van der Waals surface area contributed by atoms with Crippen molar-refractivity contribution in [1.29, 1.82) is 0 Å². The number of benzene rings is 1. The van der Waals surface area contributed by atoms with Crippen LogP contribution in [0.1, 0.15) is 15.9 Å². The largest absolute Gasteiger partial charge is 0.490 e. The first-order valence-corrected chi connectivity index (χ1v) is 4.18. The van der Waals surface area contributed by atoms with Crippen molar-refractivity contribution < 1.29 is 19.0 Å². The normalized spacial score (nSPS) is 9.86. The van der Waals surface area contributed by atoms with Crippen molar-refractivity contribution in [3.8, 4) is 5.75 Å². The average Bonchev–Trinajstić information content (AvgIpc) is 2.15. The molecule has 1 rings (SSSR count). The molecule has 0 saturated carbocycles. The average molecular weight is 198 g/mol. The maximum absolute atomic E-state index is 11.8. The minimum atomic E-state index is -1.07. The van der Waals surface area contributed by atoms with Gasteiger partial charge in [-0.05, 0) is 19.1 Å². The predicted octanol–water partition coefficient (Wildman–Crippen LogP) is 2.04. The number of carboxylic acids is 1. The number of alkyl halides is 1. The molecule has 3 nitrogen and oxygen atoms in total. The monoisotopic (exact) mass is 198 g/mol. The topological polar surface area (TPSA) is 46.5 Å². The number of carbonyl (C=O) groups is 1. The van der Waals surface area contributed by atoms with E-state index in [0.717, 1.165) is 5.56 Å². The zero-order valence-electron chi connectivity index (χ0n) is 7.79. The Bertz CT molecular complexity index is 336. The second kappa shape index (κ2) is 4.60. The summed E-state index contributed by atoms with van der Waals surface area (Å²) >= 11 is 0. The van der Waals surface area contributed by atoms with Gasteiger partial charge in [0.15, 0.2) is 0 Å². The molecular formula is C10H11FO3. The van der Waals surface area contributed by atoms with Gasteiger partial charge in [-0.25, -0.2) is 9.18 Å². The highest BCUT2D eigenvalue weighted by molar-refractivity contribution is 5.91. The minimum absolute atomic E-state index is 0.0680. The maximum atomic E-state index is 11.8. The highest BCUT2D eigenvalue weighted by Gasteiger charge is 2.10. The molecule has 76 valence electrons. The molecule has 1 aromatic carbocycles. The lowest BCUT2D eigenvalue weighted by molar-refractivity contribution is 0.0691. The zero-order chi connectivity index (χ0) is 10.6. The van der Waals surface area contributed by atoms with Gasteiger partial charge in [-0.1, -0.05) is 11.6 Å². The molecule has 0 saturated heterocycles. The van der Waals surface area contributed by atoms with E-state index in [9.17, 15) is 9.18 Å². The first-order chi connectivity index (χ1) is 6.65. The van der Waals surface area contributed by atoms with Crippen LogP contribution < -0.4 is 4.74 Å². The number of halogens is 1. The third kappa shape index (κ3) is 2.45. The number of hydrogen-bond acceptors (Lipinski definition) is 2. The first-order valence-electron chi connectivity index (χ1n) is 4.18. The molecule has 0 aromatic heterocycles. The van der Waals surface area contributed by atoms with Crippen molar-refractivity contribution in [2.24, 2.45) is 0 Å². The molecular weight excluding hydrogens is 187 g/mol. The number of rotatable bonds is 4. The van der Waals surface area contributed by atoms with Gasteiger partial charge in [-0.3, -0.25) is 0 Å². The standard InChI is InChI=1S/C10H11FO3/c1-7-2-3-9(14-5-4-11)8(6-7)10(12)13/h2-3,6H,4-5H2,1H3,(H,12,13). The second-order valence-electron chi connectivity index (χ2n) is 2.84. The van der Waals surface area contributed by atoms with E-state index in [1.807, 2.05) is 0 Å². The Morgan fingerprint density at radius 2 is 2.29 bits per heavy atom. The maximum Gasteiger partial charge on any atom is 0.339 e. The van der Waals surface area contributed by atoms with Gasteiger partial charge in [0.2, 0.25) is 0 Å². The summed E-state index contributed by atoms with van der Waals surface area (Å²) in [5, 5.41) is 8.82. The lowest BCUT2D eigenvalue weighted by Gasteiger charge is -2.07. The fourth-order valence-electron chi connectivity index (χ4n) is 1.09. The molecule has 0 aliphatic carbocycles. The van der Waals surface area contributed by atoms with Gasteiger partial charge in [0.1, 0.15) is 24.6 Å². The number of ether oxygens (including phenoxy) is 1. The Hall–Kier alpha value is -1.58. The lowest BCUT2D eigenvalue weighted by Crippen LogP contribution is -2.05. The Kier molecular flexibility index (Phi) is 3.45. The van der Waals surface area contributed by atoms with Gasteiger partial charge in [0.25, 0.3) is 0 Å². The summed E-state index contributed by atoms with van der Waals surface area (Å²) in [6.45, 7) is 1.03. The summed E-state index contributed by atoms with van der Waals surface area (Å²) < 4.78 is 16.8. The van der Waals surface area contributed by atoms with E-state index in [2.05, 4.69) is 0 Å². The zero-order valence-corrected chi connectivity index (χ0v) is 7.79. The van der Waals surface area contributed by atoms with Crippen LogP contribution in [0.15, 0.2) is 18.2 Å². The second-order valence-corrected chi connectivity index (χ2v) is 2.84. The number of aromatic carboxylic acids is 1. The van der Waals surface area contributed by atoms with Crippen molar-refractivity contribution in [2.75, 3.05) is 13.3 Å². The van der Waals surface area contributed by atoms with Gasteiger partial charge in [-0.2, -0.15) is 0 Å². The van der Waals surface area contributed by atoms with Crippen molar-refractivity contribution in [2.45, 2.75) is 6.92 Å². The van der Waals surface area contributed by atoms with Gasteiger partial charge < -0.3 is 9.84 Å². The van der Waals surface area contributed by atoms with E-state index in [0.29, 0.717) is 0 Å². The van der Waals surface area contributed by atoms with Crippen molar-refractivity contribution in [3.05, 3.63) is 29.3 Å². The minimum Gasteiger partial charge on any atom is -0.490 e. The molecule has 0 radical (unpaired) electrons. The quantitative estimate of drug-likeness (QED) is 0.805. The number of hydrogen-bond donors (Lipinski definition) is 1. The van der Waals surface area contributed by atoms with Crippen LogP contribution in [-0.2, 0) is 0 Å². The summed E-state index contributed by atoms with van der Waals surface area (Å²) in [4.78, 5) is 10.8. The third-order valence-electron chi connectivity index (χ3n) is 1.70. The van der Waals surface area contributed by atoms with E-state index < -0.39 is 12.6 Å². The van der Waals surface area contributed by atoms with E-state index in [-0.39, 0.29) is 17.9 Å². The first kappa shape index (κ1) is 10.5. The van der Waals surface area contributed by atoms with Crippen LogP contribution in [0, 0.1) is 6.92 Å². The third-order valence-corrected chi connectivity index (χ3v) is 1.70. The molecule has 1 N–H and O–H groups in total. The summed E-state index contributed by atoms with van der Waals surface area (Å²) in [6, 6.07) is 4.75. The summed E-state index contributed by atoms with van der Waals surface area (Å²) in [5.74, 6) is -0.858. The molecule has 0 unspecified atom stereocenters. The van der Waals surface area contributed by atoms with Crippen LogP contribution in [0.4, 0.5) is 4.39 Å². The van der Waals surface area contributed by atoms with Crippen molar-refractivity contribution in [3.63, 3.8) is 0 Å². The Labute approximate surface area is 81.1 Å². The molecule has 0 atom stereocenters. The molecule has 0 amide bonds. The van der Waals surface area contributed by atoms with E-state index >= 15 is 0 Å². The van der Waals surface area contributed by atoms with Crippen molar-refractivity contribution >= 4 is 5.97 Å². The Morgan fingerprint density at radius 1 is 1.57 bits per heavy atom. The van der Waals surface area contributed by atoms with Gasteiger partial charge in [0.05, 0.1) is 0 Å². The van der Waals surface area contributed by atoms with Crippen LogP contribution in [0.3, 0.4) is 0 Å². The highest BCUT2D eigenvalue weighted by Crippen LogP contribution is 2.19. The van der Waals surface area contributed by atoms with E-state index in [4.69, 9.17) is 9.84 Å². The smallest absolute Gasteiger partial charge is 0.339 e. The Morgan fingerprint density at radius 3 is 2.86 bits per heavy atom. The van der Waals surface area contributed by atoms with Crippen LogP contribution in [-0.4, -0.2) is 24.4 Å². The molecule has 0 spiro atoms. The summed E-state index contributed by atoms with van der Waals surface area (Å²) in [6.07, 6.45) is 0. The lowest BCUT2D eigenvalue weighted by atomic mass is 10.1. The van der Waals surface area contributed by atoms with Crippen molar-refractivity contribution in [1.82, 2.24) is 0 Å². The fraction of sp³-hybridized carbons (Fsp3) is 0.300. The van der Waals surface area contributed by atoms with Gasteiger partial charge in [0, 0.05) is 0 Å². The SMILES string of the molecule is Cc1ccc(OCCF)c(C(=O)O)c1. The van der Waals surface area contributed by atoms with Gasteiger partial charge in [-0.15, -0.1) is 0 Å². The number of aryl methyl sites for hydroxylation is 1. The highest BCUT2D eigenvalue weighted by atomic mass is 19.1. The summed E-state index contributed by atoms with van der Waals surface area (Å²) in [5.41, 5.74) is 0.897. The van der Waals surface area contributed by atoms with Crippen LogP contribution in [0.2, 0.25) is 0 Å². The predicted molar refractivity (Wildman–Crippen MR) is 49.6 cm³/mol. The van der Waals surface area contributed by atoms with Crippen LogP contribution in [0.25, 0.3) is 0 Å². The molecule has 0 fully saturated rings. The van der Waals surface area contributed by atoms with Crippen LogP contribution >= 0.6 is 0 Å². The molecule has 4 heteroatoms. The van der Waals surface area contributed by atoms with Gasteiger partial charge >= 0.3 is 5.97 Å². The molecule has 0 heterocycles. The molecule has 0 bridgehead atoms. The summed E-state index contributed by atoms with van der Waals surface area (Å²) in [7, 11) is 0. The van der Waals surface area contributed by atoms with Crippen LogP contribution in [0.5, 0.6) is 5.75 Å². The molecule has 0 aliphatic rings. The fourth-order valence-corrected chi connectivity index (χ4v) is 1.09. The number of carboxylic acid groups (broad SMARTS) is 1. The van der Waals surface area contributed by atoms with E-state index in [1.165, 1.54) is 12.1 Å². The van der Waals surface area contributed by atoms with E-state index in [1.54, 1.807) is 13.0 Å².